The van der Waals surface area contributed by atoms with Gasteiger partial charge < -0.3 is 14.9 Å². The molecule has 0 unspecified atom stereocenters. The van der Waals surface area contributed by atoms with Crippen molar-refractivity contribution in [3.63, 3.8) is 0 Å². The van der Waals surface area contributed by atoms with E-state index in [1.807, 2.05) is 0 Å². The van der Waals surface area contributed by atoms with Crippen molar-refractivity contribution in [2.24, 2.45) is 0 Å². The molecule has 0 radical (unpaired) electrons. The van der Waals surface area contributed by atoms with E-state index in [0.717, 1.165) is 5.56 Å². The van der Waals surface area contributed by atoms with Crippen molar-refractivity contribution in [2.45, 2.75) is 6.61 Å². The lowest BCUT2D eigenvalue weighted by atomic mass is 10.2. The van der Waals surface area contributed by atoms with Gasteiger partial charge in [-0.1, -0.05) is 22.8 Å². The van der Waals surface area contributed by atoms with Crippen LogP contribution in [0.3, 0.4) is 0 Å². The van der Waals surface area contributed by atoms with Crippen LogP contribution in [0.5, 0.6) is 5.75 Å². The summed E-state index contributed by atoms with van der Waals surface area (Å²) in [6.07, 6.45) is 0. The highest BCUT2D eigenvalue weighted by Crippen LogP contribution is 2.23. The second kappa shape index (κ2) is 6.03. The normalized spacial score (nSPS) is 10.6. The van der Waals surface area contributed by atoms with Gasteiger partial charge in [-0.3, -0.25) is 0 Å². The number of rotatable bonds is 4. The molecule has 0 saturated heterocycles. The molecule has 7 heteroatoms. The van der Waals surface area contributed by atoms with Crippen LogP contribution in [0.2, 0.25) is 5.02 Å². The van der Waals surface area contributed by atoms with Crippen molar-refractivity contribution in [3.8, 4) is 17.2 Å². The average molecular weight is 320 g/mol. The van der Waals surface area contributed by atoms with Crippen molar-refractivity contribution >= 4 is 17.6 Å². The number of nitrogen functional groups attached to an aromatic ring is 1. The Morgan fingerprint density at radius 1 is 1.14 bits per heavy atom. The molecule has 0 atom stereocenters. The van der Waals surface area contributed by atoms with Gasteiger partial charge in [0.15, 0.2) is 0 Å². The minimum absolute atomic E-state index is 0.0151. The minimum atomic E-state index is -0.378. The minimum Gasteiger partial charge on any atom is -0.489 e. The summed E-state index contributed by atoms with van der Waals surface area (Å²) in [5, 5.41) is 7.72. The quantitative estimate of drug-likeness (QED) is 0.793. The number of nitrogens with zero attached hydrogens (tertiary/aromatic N) is 2. The van der Waals surface area contributed by atoms with Gasteiger partial charge in [-0.05, 0) is 36.4 Å². The second-order valence-electron chi connectivity index (χ2n) is 4.49. The van der Waals surface area contributed by atoms with Crippen molar-refractivity contribution in [2.75, 3.05) is 5.73 Å². The van der Waals surface area contributed by atoms with E-state index in [4.69, 9.17) is 26.5 Å². The molecule has 112 valence electrons. The highest BCUT2D eigenvalue weighted by atomic mass is 35.5. The summed E-state index contributed by atoms with van der Waals surface area (Å²) in [5.41, 5.74) is 6.82. The molecule has 5 nitrogen and oxygen atoms in total. The predicted molar refractivity (Wildman–Crippen MR) is 79.9 cm³/mol. The Labute approximate surface area is 130 Å². The molecule has 2 N–H and O–H groups in total. The zero-order valence-corrected chi connectivity index (χ0v) is 12.0. The highest BCUT2D eigenvalue weighted by molar-refractivity contribution is 6.31. The Morgan fingerprint density at radius 3 is 2.55 bits per heavy atom. The smallest absolute Gasteiger partial charge is 0.313 e. The van der Waals surface area contributed by atoms with E-state index in [9.17, 15) is 4.39 Å². The van der Waals surface area contributed by atoms with E-state index in [-0.39, 0.29) is 18.4 Å². The van der Waals surface area contributed by atoms with Crippen molar-refractivity contribution in [1.82, 2.24) is 10.2 Å². The maximum absolute atomic E-state index is 13.0. The lowest BCUT2D eigenvalue weighted by Gasteiger charge is -2.08. The first-order valence-electron chi connectivity index (χ1n) is 6.38. The van der Waals surface area contributed by atoms with Crippen LogP contribution in [0.4, 0.5) is 10.4 Å². The van der Waals surface area contributed by atoms with Crippen LogP contribution in [0.15, 0.2) is 46.9 Å². The van der Waals surface area contributed by atoms with Crippen molar-refractivity contribution in [3.05, 3.63) is 58.9 Å². The summed E-state index contributed by atoms with van der Waals surface area (Å²) in [6, 6.07) is 11.3. The Hall–Kier alpha value is -2.60. The lowest BCUT2D eigenvalue weighted by Crippen LogP contribution is -1.96. The van der Waals surface area contributed by atoms with Gasteiger partial charge in [0.25, 0.3) is 0 Å². The molecular formula is C15H11ClFN3O2. The van der Waals surface area contributed by atoms with Gasteiger partial charge in [-0.2, -0.15) is 0 Å². The zero-order chi connectivity index (χ0) is 15.5. The Kier molecular flexibility index (Phi) is 3.93. The van der Waals surface area contributed by atoms with Crippen molar-refractivity contribution in [1.29, 1.82) is 0 Å². The third kappa shape index (κ3) is 3.17. The van der Waals surface area contributed by atoms with Crippen LogP contribution < -0.4 is 10.5 Å². The third-order valence-corrected chi connectivity index (χ3v) is 3.30. The molecule has 0 aliphatic rings. The van der Waals surface area contributed by atoms with Gasteiger partial charge >= 0.3 is 6.01 Å². The maximum atomic E-state index is 13.0. The molecular weight excluding hydrogens is 309 g/mol. The number of halogens is 2. The largest absolute Gasteiger partial charge is 0.489 e. The van der Waals surface area contributed by atoms with Crippen LogP contribution in [0, 0.1) is 5.82 Å². The van der Waals surface area contributed by atoms with E-state index in [0.29, 0.717) is 22.2 Å². The first kappa shape index (κ1) is 14.3. The molecule has 3 rings (SSSR count). The first-order chi connectivity index (χ1) is 10.6. The van der Waals surface area contributed by atoms with Crippen LogP contribution in [-0.2, 0) is 6.61 Å². The SMILES string of the molecule is Nc1nnc(-c2ccc(OCc3ccc(F)cc3Cl)cc2)o1. The molecule has 0 fully saturated rings. The lowest BCUT2D eigenvalue weighted by molar-refractivity contribution is 0.306. The van der Waals surface area contributed by atoms with Gasteiger partial charge in [-0.25, -0.2) is 4.39 Å². The summed E-state index contributed by atoms with van der Waals surface area (Å²) < 4.78 is 23.7. The van der Waals surface area contributed by atoms with Gasteiger partial charge in [0.2, 0.25) is 5.89 Å². The van der Waals surface area contributed by atoms with Crippen molar-refractivity contribution < 1.29 is 13.5 Å². The van der Waals surface area contributed by atoms with Crippen LogP contribution in [0.25, 0.3) is 11.5 Å². The summed E-state index contributed by atoms with van der Waals surface area (Å²) in [6.45, 7) is 0.242. The number of hydrogen-bond donors (Lipinski definition) is 1. The number of hydrogen-bond acceptors (Lipinski definition) is 5. The average Bonchev–Trinajstić information content (AvgIpc) is 2.93. The maximum Gasteiger partial charge on any atom is 0.313 e. The number of nitrogens with two attached hydrogens (primary N) is 1. The summed E-state index contributed by atoms with van der Waals surface area (Å²) in [7, 11) is 0. The summed E-state index contributed by atoms with van der Waals surface area (Å²) >= 11 is 5.94. The molecule has 22 heavy (non-hydrogen) atoms. The molecule has 1 heterocycles. The fraction of sp³-hybridized carbons (Fsp3) is 0.0667. The van der Waals surface area contributed by atoms with Crippen LogP contribution in [0.1, 0.15) is 5.56 Å². The van der Waals surface area contributed by atoms with E-state index in [1.165, 1.54) is 12.1 Å². The van der Waals surface area contributed by atoms with Crippen LogP contribution in [-0.4, -0.2) is 10.2 Å². The molecule has 0 bridgehead atoms. The van der Waals surface area contributed by atoms with E-state index in [2.05, 4.69) is 10.2 Å². The fourth-order valence-corrected chi connectivity index (χ4v) is 2.07. The molecule has 0 spiro atoms. The summed E-state index contributed by atoms with van der Waals surface area (Å²) in [4.78, 5) is 0. The first-order valence-corrected chi connectivity index (χ1v) is 6.76. The Morgan fingerprint density at radius 2 is 1.91 bits per heavy atom. The zero-order valence-electron chi connectivity index (χ0n) is 11.3. The Balaban J connectivity index is 1.68. The van der Waals surface area contributed by atoms with Gasteiger partial charge in [0, 0.05) is 11.1 Å². The fourth-order valence-electron chi connectivity index (χ4n) is 1.84. The number of aromatic nitrogens is 2. The monoisotopic (exact) mass is 319 g/mol. The molecule has 1 aromatic heterocycles. The number of anilines is 1. The summed E-state index contributed by atoms with van der Waals surface area (Å²) in [5.74, 6) is 0.596. The number of ether oxygens (including phenoxy) is 1. The topological polar surface area (TPSA) is 74.2 Å². The van der Waals surface area contributed by atoms with Gasteiger partial charge in [0.05, 0.1) is 5.02 Å². The predicted octanol–water partition coefficient (Wildman–Crippen LogP) is 3.69. The van der Waals surface area contributed by atoms with Gasteiger partial charge in [0.1, 0.15) is 18.2 Å². The molecule has 0 amide bonds. The number of benzene rings is 2. The van der Waals surface area contributed by atoms with E-state index >= 15 is 0 Å². The van der Waals surface area contributed by atoms with E-state index < -0.39 is 0 Å². The third-order valence-electron chi connectivity index (χ3n) is 2.95. The van der Waals surface area contributed by atoms with Crippen LogP contribution >= 0.6 is 11.6 Å². The molecule has 0 aliphatic heterocycles. The van der Waals surface area contributed by atoms with E-state index in [1.54, 1.807) is 30.3 Å². The standard InChI is InChI=1S/C15H11ClFN3O2/c16-13-7-11(17)4-1-10(13)8-21-12-5-2-9(3-6-12)14-19-20-15(18)22-14/h1-7H,8H2,(H2,18,20). The molecule has 3 aromatic rings. The second-order valence-corrected chi connectivity index (χ2v) is 4.90. The molecule has 2 aromatic carbocycles. The molecule has 0 aliphatic carbocycles. The Bertz CT molecular complexity index is 790. The molecule has 0 saturated carbocycles. The highest BCUT2D eigenvalue weighted by Gasteiger charge is 2.07. The van der Waals surface area contributed by atoms with Gasteiger partial charge in [-0.15, -0.1) is 5.10 Å².